The van der Waals surface area contributed by atoms with Crippen LogP contribution in [-0.2, 0) is 0 Å². The van der Waals surface area contributed by atoms with Gasteiger partial charge in [0.05, 0.1) is 23.5 Å². The Morgan fingerprint density at radius 2 is 1.79 bits per heavy atom. The summed E-state index contributed by atoms with van der Waals surface area (Å²) >= 11 is 12.2. The maximum atomic E-state index is 6.14. The molecular weight excluding hydrogens is 347 g/mol. The number of methoxy groups -OCH3 is 1. The molecule has 0 fully saturated rings. The lowest BCUT2D eigenvalue weighted by Crippen LogP contribution is -2.01. The molecule has 0 spiro atoms. The predicted molar refractivity (Wildman–Crippen MR) is 98.1 cm³/mol. The smallest absolute Gasteiger partial charge is 0.229 e. The molecule has 1 aromatic heterocycles. The van der Waals surface area contributed by atoms with E-state index in [2.05, 4.69) is 20.6 Å². The number of nitrogens with zero attached hydrogens (tertiary/aromatic N) is 2. The first-order valence-electron chi connectivity index (χ1n) is 7.11. The largest absolute Gasteiger partial charge is 0.495 e. The summed E-state index contributed by atoms with van der Waals surface area (Å²) < 4.78 is 5.32. The Balaban J connectivity index is 1.84. The summed E-state index contributed by atoms with van der Waals surface area (Å²) in [5.74, 6) is 1.69. The van der Waals surface area contributed by atoms with Crippen LogP contribution in [0, 0.1) is 0 Å². The summed E-state index contributed by atoms with van der Waals surface area (Å²) in [5.41, 5.74) is 1.45. The fraction of sp³-hybridized carbons (Fsp3) is 0.0588. The topological polar surface area (TPSA) is 59.1 Å². The van der Waals surface area contributed by atoms with Gasteiger partial charge < -0.3 is 15.4 Å². The molecule has 3 rings (SSSR count). The zero-order chi connectivity index (χ0) is 16.9. The third kappa shape index (κ3) is 3.88. The van der Waals surface area contributed by atoms with Gasteiger partial charge in [0.25, 0.3) is 0 Å². The van der Waals surface area contributed by atoms with Crippen LogP contribution >= 0.6 is 23.2 Å². The minimum absolute atomic E-state index is 0.425. The molecule has 0 saturated carbocycles. The number of hydrogen-bond donors (Lipinski definition) is 2. The van der Waals surface area contributed by atoms with E-state index in [0.717, 1.165) is 5.69 Å². The number of ether oxygens (including phenoxy) is 1. The molecule has 7 heteroatoms. The molecule has 0 aliphatic rings. The van der Waals surface area contributed by atoms with E-state index in [0.29, 0.717) is 33.2 Å². The van der Waals surface area contributed by atoms with Gasteiger partial charge >= 0.3 is 0 Å². The lowest BCUT2D eigenvalue weighted by atomic mass is 10.3. The van der Waals surface area contributed by atoms with Crippen molar-refractivity contribution in [3.63, 3.8) is 0 Å². The molecular formula is C17H14Cl2N4O. The molecule has 2 N–H and O–H groups in total. The van der Waals surface area contributed by atoms with Crippen LogP contribution in [-0.4, -0.2) is 17.1 Å². The second kappa shape index (κ2) is 7.38. The van der Waals surface area contributed by atoms with Crippen molar-refractivity contribution in [2.45, 2.75) is 0 Å². The van der Waals surface area contributed by atoms with Crippen LogP contribution in [0.2, 0.25) is 10.0 Å². The van der Waals surface area contributed by atoms with Gasteiger partial charge in [-0.1, -0.05) is 35.3 Å². The Hall–Kier alpha value is -2.50. The standard InChI is InChI=1S/C17H14Cl2N4O/c1-24-15-7-6-11(18)10-14(15)21-16-8-9-20-17(23-16)22-13-5-3-2-4-12(13)19/h2-10H,1H3,(H2,20,21,22,23). The maximum Gasteiger partial charge on any atom is 0.229 e. The lowest BCUT2D eigenvalue weighted by molar-refractivity contribution is 0.417. The molecule has 0 saturated heterocycles. The van der Waals surface area contributed by atoms with Gasteiger partial charge in [0.15, 0.2) is 0 Å². The van der Waals surface area contributed by atoms with Gasteiger partial charge in [-0.05, 0) is 36.4 Å². The molecule has 0 aliphatic carbocycles. The van der Waals surface area contributed by atoms with Gasteiger partial charge in [-0.25, -0.2) is 4.98 Å². The number of rotatable bonds is 5. The molecule has 3 aromatic rings. The van der Waals surface area contributed by atoms with Gasteiger partial charge in [-0.2, -0.15) is 4.98 Å². The molecule has 0 atom stereocenters. The van der Waals surface area contributed by atoms with Crippen molar-refractivity contribution in [2.75, 3.05) is 17.7 Å². The Bertz CT molecular complexity index is 857. The van der Waals surface area contributed by atoms with E-state index in [1.165, 1.54) is 0 Å². The van der Waals surface area contributed by atoms with E-state index < -0.39 is 0 Å². The van der Waals surface area contributed by atoms with E-state index in [1.807, 2.05) is 18.2 Å². The van der Waals surface area contributed by atoms with Gasteiger partial charge in [0, 0.05) is 11.2 Å². The predicted octanol–water partition coefficient (Wildman–Crippen LogP) is 5.28. The molecule has 1 heterocycles. The number of hydrogen-bond acceptors (Lipinski definition) is 5. The van der Waals surface area contributed by atoms with Crippen LogP contribution in [0.5, 0.6) is 5.75 Å². The quantitative estimate of drug-likeness (QED) is 0.648. The van der Waals surface area contributed by atoms with Gasteiger partial charge in [-0.3, -0.25) is 0 Å². The Kier molecular flexibility index (Phi) is 5.03. The van der Waals surface area contributed by atoms with Crippen molar-refractivity contribution >= 4 is 46.3 Å². The Labute approximate surface area is 149 Å². The molecule has 0 aliphatic heterocycles. The molecule has 2 aromatic carbocycles. The highest BCUT2D eigenvalue weighted by Gasteiger charge is 2.07. The van der Waals surface area contributed by atoms with Crippen molar-refractivity contribution in [1.82, 2.24) is 9.97 Å². The monoisotopic (exact) mass is 360 g/mol. The van der Waals surface area contributed by atoms with E-state index in [9.17, 15) is 0 Å². The van der Waals surface area contributed by atoms with Gasteiger partial charge in [-0.15, -0.1) is 0 Å². The number of aromatic nitrogens is 2. The second-order valence-corrected chi connectivity index (χ2v) is 5.68. The van der Waals surface area contributed by atoms with Crippen molar-refractivity contribution in [1.29, 1.82) is 0 Å². The van der Waals surface area contributed by atoms with Crippen molar-refractivity contribution in [3.05, 3.63) is 64.8 Å². The minimum Gasteiger partial charge on any atom is -0.495 e. The first-order chi connectivity index (χ1) is 11.7. The average molecular weight is 361 g/mol. The summed E-state index contributed by atoms with van der Waals surface area (Å²) in [6.45, 7) is 0. The highest BCUT2D eigenvalue weighted by atomic mass is 35.5. The number of anilines is 4. The van der Waals surface area contributed by atoms with Crippen LogP contribution in [0.3, 0.4) is 0 Å². The number of nitrogens with one attached hydrogen (secondary N) is 2. The van der Waals surface area contributed by atoms with Crippen LogP contribution in [0.1, 0.15) is 0 Å². The lowest BCUT2D eigenvalue weighted by Gasteiger charge is -2.12. The summed E-state index contributed by atoms with van der Waals surface area (Å²) in [5, 5.41) is 7.45. The summed E-state index contributed by atoms with van der Waals surface area (Å²) in [4.78, 5) is 8.62. The molecule has 0 bridgehead atoms. The van der Waals surface area contributed by atoms with Crippen LogP contribution in [0.25, 0.3) is 0 Å². The van der Waals surface area contributed by atoms with E-state index in [-0.39, 0.29) is 0 Å². The highest BCUT2D eigenvalue weighted by molar-refractivity contribution is 6.33. The van der Waals surface area contributed by atoms with Gasteiger partial charge in [0.1, 0.15) is 11.6 Å². The number of para-hydroxylation sites is 1. The van der Waals surface area contributed by atoms with E-state index in [4.69, 9.17) is 27.9 Å². The van der Waals surface area contributed by atoms with Crippen molar-refractivity contribution in [2.24, 2.45) is 0 Å². The minimum atomic E-state index is 0.425. The molecule has 24 heavy (non-hydrogen) atoms. The number of halogens is 2. The second-order valence-electron chi connectivity index (χ2n) is 4.84. The fourth-order valence-electron chi connectivity index (χ4n) is 2.09. The first kappa shape index (κ1) is 16.4. The van der Waals surface area contributed by atoms with E-state index >= 15 is 0 Å². The van der Waals surface area contributed by atoms with Crippen LogP contribution in [0.4, 0.5) is 23.1 Å². The Morgan fingerprint density at radius 1 is 0.958 bits per heavy atom. The first-order valence-corrected chi connectivity index (χ1v) is 7.86. The number of benzene rings is 2. The molecule has 0 amide bonds. The summed E-state index contributed by atoms with van der Waals surface area (Å²) in [6, 6.07) is 14.5. The Morgan fingerprint density at radius 3 is 2.58 bits per heavy atom. The molecule has 5 nitrogen and oxygen atoms in total. The van der Waals surface area contributed by atoms with Crippen molar-refractivity contribution in [3.8, 4) is 5.75 Å². The third-order valence-electron chi connectivity index (χ3n) is 3.20. The third-order valence-corrected chi connectivity index (χ3v) is 3.76. The molecule has 122 valence electrons. The molecule has 0 unspecified atom stereocenters. The van der Waals surface area contributed by atoms with Crippen LogP contribution < -0.4 is 15.4 Å². The zero-order valence-corrected chi connectivity index (χ0v) is 14.3. The van der Waals surface area contributed by atoms with Crippen LogP contribution in [0.15, 0.2) is 54.7 Å². The average Bonchev–Trinajstić information content (AvgIpc) is 2.58. The SMILES string of the molecule is COc1ccc(Cl)cc1Nc1ccnc(Nc2ccccc2Cl)n1. The normalized spacial score (nSPS) is 10.3. The summed E-state index contributed by atoms with van der Waals surface area (Å²) in [7, 11) is 1.60. The maximum absolute atomic E-state index is 6.14. The van der Waals surface area contributed by atoms with E-state index in [1.54, 1.807) is 43.6 Å². The zero-order valence-electron chi connectivity index (χ0n) is 12.8. The van der Waals surface area contributed by atoms with Crippen molar-refractivity contribution < 1.29 is 4.74 Å². The fourth-order valence-corrected chi connectivity index (χ4v) is 2.44. The highest BCUT2D eigenvalue weighted by Crippen LogP contribution is 2.30. The molecule has 0 radical (unpaired) electrons. The van der Waals surface area contributed by atoms with Gasteiger partial charge in [0.2, 0.25) is 5.95 Å². The summed E-state index contributed by atoms with van der Waals surface area (Å²) in [6.07, 6.45) is 1.64.